The molecule has 46 heavy (non-hydrogen) atoms. The molecule has 11 rings (SSSR count). The highest BCUT2D eigenvalue weighted by Gasteiger charge is 2.27. The molecule has 0 N–H and O–H groups in total. The van der Waals surface area contributed by atoms with Gasteiger partial charge >= 0.3 is 0 Å². The molecule has 0 saturated carbocycles. The minimum absolute atomic E-state index is 0.689. The number of hydrogen-bond acceptors (Lipinski definition) is 3. The Morgan fingerprint density at radius 3 is 2.09 bits per heavy atom. The third-order valence-electron chi connectivity index (χ3n) is 9.74. The van der Waals surface area contributed by atoms with Crippen LogP contribution in [-0.4, -0.2) is 14.5 Å². The fraction of sp³-hybridized carbons (Fsp3) is 0. The standard InChI is InChI=1S/C42H23N3S/c1-2-11-24(12-3-1)39-30-16-6-8-19-34(30)43-42(44-39)45-35-22-21-29-27-15-7-9-20-36(27)46-41(29)38(35)33-23-32-26-14-5-4-13-25(26)28-17-10-18-31(37(28)32)40(33)45/h1-23H. The third kappa shape index (κ3) is 3.11. The van der Waals surface area contributed by atoms with Crippen molar-refractivity contribution in [1.29, 1.82) is 0 Å². The van der Waals surface area contributed by atoms with E-state index in [0.717, 1.165) is 33.2 Å². The van der Waals surface area contributed by atoms with E-state index in [4.69, 9.17) is 9.97 Å². The molecule has 3 nitrogen and oxygen atoms in total. The van der Waals surface area contributed by atoms with Gasteiger partial charge in [0, 0.05) is 47.3 Å². The maximum Gasteiger partial charge on any atom is 0.235 e. The van der Waals surface area contributed by atoms with E-state index >= 15 is 0 Å². The van der Waals surface area contributed by atoms with E-state index in [1.807, 2.05) is 11.3 Å². The van der Waals surface area contributed by atoms with Crippen LogP contribution in [0.3, 0.4) is 0 Å². The Labute approximate surface area is 267 Å². The molecular weight excluding hydrogens is 579 g/mol. The minimum Gasteiger partial charge on any atom is -0.277 e. The van der Waals surface area contributed by atoms with Crippen LogP contribution in [0.1, 0.15) is 0 Å². The Kier molecular flexibility index (Phi) is 4.72. The zero-order valence-electron chi connectivity index (χ0n) is 24.5. The quantitative estimate of drug-likeness (QED) is 0.197. The number of nitrogens with zero attached hydrogens (tertiary/aromatic N) is 3. The lowest BCUT2D eigenvalue weighted by molar-refractivity contribution is 1.02. The van der Waals surface area contributed by atoms with Gasteiger partial charge in [0.05, 0.1) is 22.2 Å². The van der Waals surface area contributed by atoms with Crippen molar-refractivity contribution in [1.82, 2.24) is 14.5 Å². The highest BCUT2D eigenvalue weighted by atomic mass is 32.1. The summed E-state index contributed by atoms with van der Waals surface area (Å²) >= 11 is 1.88. The molecule has 0 amide bonds. The number of rotatable bonds is 2. The van der Waals surface area contributed by atoms with E-state index < -0.39 is 0 Å². The lowest BCUT2D eigenvalue weighted by atomic mass is 9.99. The maximum atomic E-state index is 5.40. The summed E-state index contributed by atoms with van der Waals surface area (Å²) in [6.45, 7) is 0. The molecule has 0 bridgehead atoms. The van der Waals surface area contributed by atoms with Gasteiger partial charge in [0.2, 0.25) is 5.95 Å². The largest absolute Gasteiger partial charge is 0.277 e. The highest BCUT2D eigenvalue weighted by molar-refractivity contribution is 7.26. The summed E-state index contributed by atoms with van der Waals surface area (Å²) in [4.78, 5) is 10.7. The zero-order valence-corrected chi connectivity index (χ0v) is 25.3. The number of para-hydroxylation sites is 1. The Hall–Kier alpha value is -5.84. The topological polar surface area (TPSA) is 30.7 Å². The van der Waals surface area contributed by atoms with Gasteiger partial charge in [0.1, 0.15) is 0 Å². The molecule has 3 aromatic heterocycles. The highest BCUT2D eigenvalue weighted by Crippen LogP contribution is 2.52. The van der Waals surface area contributed by atoms with E-state index in [1.54, 1.807) is 0 Å². The van der Waals surface area contributed by atoms with Gasteiger partial charge in [-0.25, -0.2) is 9.97 Å². The van der Waals surface area contributed by atoms with E-state index in [2.05, 4.69) is 144 Å². The SMILES string of the molecule is c1ccc(-c2nc(-n3c4ccc5c6ccccc6sc5c4c4cc5c6c(cccc6c43)-c3ccccc3-5)nc3ccccc23)cc1. The molecule has 4 heteroatoms. The molecule has 0 atom stereocenters. The van der Waals surface area contributed by atoms with Crippen molar-refractivity contribution in [3.8, 4) is 39.5 Å². The second-order valence-electron chi connectivity index (χ2n) is 12.1. The van der Waals surface area contributed by atoms with Crippen LogP contribution in [0, 0.1) is 0 Å². The van der Waals surface area contributed by atoms with Gasteiger partial charge in [-0.15, -0.1) is 11.3 Å². The van der Waals surface area contributed by atoms with Crippen molar-refractivity contribution >= 4 is 75.0 Å². The summed E-state index contributed by atoms with van der Waals surface area (Å²) in [7, 11) is 0. The smallest absolute Gasteiger partial charge is 0.235 e. The van der Waals surface area contributed by atoms with Gasteiger partial charge in [-0.3, -0.25) is 4.57 Å². The molecule has 0 saturated heterocycles. The summed E-state index contributed by atoms with van der Waals surface area (Å²) in [6.07, 6.45) is 0. The molecule has 1 aliphatic carbocycles. The molecule has 3 heterocycles. The molecule has 0 fully saturated rings. The minimum atomic E-state index is 0.689. The van der Waals surface area contributed by atoms with Gasteiger partial charge in [0.25, 0.3) is 0 Å². The van der Waals surface area contributed by atoms with E-state index in [9.17, 15) is 0 Å². The molecule has 0 spiro atoms. The van der Waals surface area contributed by atoms with Gasteiger partial charge < -0.3 is 0 Å². The van der Waals surface area contributed by atoms with Crippen molar-refractivity contribution in [3.05, 3.63) is 140 Å². The Morgan fingerprint density at radius 1 is 0.478 bits per heavy atom. The summed E-state index contributed by atoms with van der Waals surface area (Å²) < 4.78 is 4.94. The molecule has 0 aliphatic heterocycles. The first-order valence-electron chi connectivity index (χ1n) is 15.6. The second-order valence-corrected chi connectivity index (χ2v) is 13.2. The fourth-order valence-electron chi connectivity index (χ4n) is 7.82. The van der Waals surface area contributed by atoms with Crippen LogP contribution in [0.25, 0.3) is 103 Å². The predicted octanol–water partition coefficient (Wildman–Crippen LogP) is 11.6. The third-order valence-corrected chi connectivity index (χ3v) is 10.9. The number of fused-ring (bicyclic) bond motifs is 12. The van der Waals surface area contributed by atoms with Crippen molar-refractivity contribution in [2.45, 2.75) is 0 Å². The number of benzene rings is 7. The molecule has 0 unspecified atom stereocenters. The molecule has 212 valence electrons. The second kappa shape index (κ2) is 8.87. The van der Waals surface area contributed by atoms with Crippen LogP contribution in [0.5, 0.6) is 0 Å². The first-order valence-corrected chi connectivity index (χ1v) is 16.4. The number of hydrogen-bond donors (Lipinski definition) is 0. The Bertz CT molecular complexity index is 2910. The number of thiophene rings is 1. The van der Waals surface area contributed by atoms with Gasteiger partial charge in [-0.2, -0.15) is 0 Å². The average Bonchev–Trinajstić information content (AvgIpc) is 3.77. The average molecular weight is 602 g/mol. The summed E-state index contributed by atoms with van der Waals surface area (Å²) in [5, 5.41) is 8.68. The van der Waals surface area contributed by atoms with Gasteiger partial charge in [0.15, 0.2) is 0 Å². The molecule has 0 radical (unpaired) electrons. The molecule has 10 aromatic rings. The first-order chi connectivity index (χ1) is 22.8. The van der Waals surface area contributed by atoms with Gasteiger partial charge in [-0.1, -0.05) is 115 Å². The number of aromatic nitrogens is 3. The first kappa shape index (κ1) is 24.5. The van der Waals surface area contributed by atoms with E-state index in [0.29, 0.717) is 5.95 Å². The van der Waals surface area contributed by atoms with Crippen LogP contribution in [-0.2, 0) is 0 Å². The van der Waals surface area contributed by atoms with Crippen LogP contribution in [0.15, 0.2) is 140 Å². The molecular formula is C42H23N3S. The monoisotopic (exact) mass is 601 g/mol. The van der Waals surface area contributed by atoms with E-state index in [-0.39, 0.29) is 0 Å². The zero-order chi connectivity index (χ0) is 29.9. The van der Waals surface area contributed by atoms with Crippen LogP contribution < -0.4 is 0 Å². The summed E-state index contributed by atoms with van der Waals surface area (Å²) in [5.74, 6) is 0.689. The predicted molar refractivity (Wildman–Crippen MR) is 194 cm³/mol. The van der Waals surface area contributed by atoms with Crippen molar-refractivity contribution in [2.75, 3.05) is 0 Å². The van der Waals surface area contributed by atoms with Crippen molar-refractivity contribution < 1.29 is 0 Å². The van der Waals surface area contributed by atoms with Crippen molar-refractivity contribution in [2.24, 2.45) is 0 Å². The normalized spacial score (nSPS) is 12.3. The van der Waals surface area contributed by atoms with Crippen molar-refractivity contribution in [3.63, 3.8) is 0 Å². The Balaban J connectivity index is 1.37. The van der Waals surface area contributed by atoms with Gasteiger partial charge in [-0.05, 0) is 51.9 Å². The van der Waals surface area contributed by atoms with Crippen LogP contribution >= 0.6 is 11.3 Å². The fourth-order valence-corrected chi connectivity index (χ4v) is 9.08. The van der Waals surface area contributed by atoms with E-state index in [1.165, 1.54) is 64.0 Å². The summed E-state index contributed by atoms with van der Waals surface area (Å²) in [6, 6.07) is 50.2. The summed E-state index contributed by atoms with van der Waals surface area (Å²) in [5.41, 5.74) is 10.4. The van der Waals surface area contributed by atoms with Crippen LogP contribution in [0.4, 0.5) is 0 Å². The Morgan fingerprint density at radius 2 is 1.20 bits per heavy atom. The van der Waals surface area contributed by atoms with Crippen LogP contribution in [0.2, 0.25) is 0 Å². The lowest BCUT2D eigenvalue weighted by Gasteiger charge is -2.13. The molecule has 7 aromatic carbocycles. The lowest BCUT2D eigenvalue weighted by Crippen LogP contribution is -2.03. The maximum absolute atomic E-state index is 5.40. The molecule has 1 aliphatic rings.